The van der Waals surface area contributed by atoms with Crippen LogP contribution < -0.4 is 5.32 Å². The third kappa shape index (κ3) is 3.51. The van der Waals surface area contributed by atoms with Crippen molar-refractivity contribution in [2.45, 2.75) is 13.8 Å². The van der Waals surface area contributed by atoms with Crippen LogP contribution in [0.5, 0.6) is 0 Å². The molecule has 0 aliphatic heterocycles. The number of benzene rings is 1. The van der Waals surface area contributed by atoms with Gasteiger partial charge in [0.05, 0.1) is 4.92 Å². The molecule has 0 bridgehead atoms. The van der Waals surface area contributed by atoms with E-state index in [1.165, 1.54) is 18.2 Å². The quantitative estimate of drug-likeness (QED) is 0.534. The average Bonchev–Trinajstić information content (AvgIpc) is 2.36. The van der Waals surface area contributed by atoms with Gasteiger partial charge in [-0.1, -0.05) is 11.6 Å². The Bertz CT molecular complexity index is 713. The van der Waals surface area contributed by atoms with E-state index in [1.807, 2.05) is 0 Å². The van der Waals surface area contributed by atoms with Gasteiger partial charge >= 0.3 is 0 Å². The van der Waals surface area contributed by atoms with Crippen molar-refractivity contribution in [3.05, 3.63) is 56.4 Å². The number of nitro benzene ring substituents is 1. The lowest BCUT2D eigenvalue weighted by Gasteiger charge is -2.07. The predicted octanol–water partition coefficient (Wildman–Crippen LogP) is 2.91. The molecule has 2 rings (SSSR count). The highest BCUT2D eigenvalue weighted by Crippen LogP contribution is 2.18. The number of aryl methyl sites for hydroxylation is 2. The summed E-state index contributed by atoms with van der Waals surface area (Å²) in [4.78, 5) is 30.2. The first-order chi connectivity index (χ1) is 9.86. The summed E-state index contributed by atoms with van der Waals surface area (Å²) in [5, 5.41) is 13.4. The number of hydrogen-bond donors (Lipinski definition) is 1. The number of anilines is 1. The van der Waals surface area contributed by atoms with E-state index in [1.54, 1.807) is 19.9 Å². The topological polar surface area (TPSA) is 98.0 Å². The van der Waals surface area contributed by atoms with Crippen LogP contribution in [0.1, 0.15) is 21.6 Å². The number of nitrogens with zero attached hydrogens (tertiary/aromatic N) is 3. The van der Waals surface area contributed by atoms with E-state index >= 15 is 0 Å². The number of nitrogens with one attached hydrogen (secondary N) is 1. The monoisotopic (exact) mass is 306 g/mol. The minimum absolute atomic E-state index is 0.0705. The molecular formula is C13H11ClN4O3. The third-order valence-corrected chi connectivity index (χ3v) is 2.91. The molecule has 0 saturated carbocycles. The maximum absolute atomic E-state index is 12.1. The largest absolute Gasteiger partial charge is 0.290 e. The van der Waals surface area contributed by atoms with Crippen molar-refractivity contribution >= 4 is 29.1 Å². The number of halogens is 1. The van der Waals surface area contributed by atoms with Crippen molar-refractivity contribution < 1.29 is 9.72 Å². The van der Waals surface area contributed by atoms with Crippen molar-refractivity contribution in [1.29, 1.82) is 0 Å². The van der Waals surface area contributed by atoms with Gasteiger partial charge in [-0.25, -0.2) is 9.97 Å². The Morgan fingerprint density at radius 2 is 2.00 bits per heavy atom. The zero-order valence-corrected chi connectivity index (χ0v) is 12.0. The summed E-state index contributed by atoms with van der Waals surface area (Å²) in [5.41, 5.74) is 1.34. The molecule has 0 aliphatic carbocycles. The van der Waals surface area contributed by atoms with Crippen LogP contribution in [-0.4, -0.2) is 20.8 Å². The Kier molecular flexibility index (Phi) is 4.13. The zero-order valence-electron chi connectivity index (χ0n) is 11.3. The molecule has 0 unspecified atom stereocenters. The minimum Gasteiger partial charge on any atom is -0.290 e. The lowest BCUT2D eigenvalue weighted by atomic mass is 10.1. The fourth-order valence-electron chi connectivity index (χ4n) is 1.77. The summed E-state index contributed by atoms with van der Waals surface area (Å²) >= 11 is 5.79. The van der Waals surface area contributed by atoms with Crippen LogP contribution in [0.3, 0.4) is 0 Å². The minimum atomic E-state index is -0.516. The molecule has 0 saturated heterocycles. The van der Waals surface area contributed by atoms with E-state index in [4.69, 9.17) is 11.6 Å². The van der Waals surface area contributed by atoms with Crippen molar-refractivity contribution in [2.75, 3.05) is 5.32 Å². The molecule has 8 heteroatoms. The van der Waals surface area contributed by atoms with Gasteiger partial charge in [-0.2, -0.15) is 0 Å². The van der Waals surface area contributed by atoms with Gasteiger partial charge in [-0.05, 0) is 31.5 Å². The molecule has 0 fully saturated rings. The van der Waals surface area contributed by atoms with Crippen LogP contribution in [0.25, 0.3) is 0 Å². The molecule has 1 aromatic heterocycles. The maximum Gasteiger partial charge on any atom is 0.269 e. The molecule has 0 spiro atoms. The first kappa shape index (κ1) is 14.9. The summed E-state index contributed by atoms with van der Waals surface area (Å²) in [6.07, 6.45) is 0. The third-order valence-electron chi connectivity index (χ3n) is 2.71. The molecule has 1 aromatic carbocycles. The molecule has 2 aromatic rings. The number of non-ortho nitro benzene ring substituents is 1. The van der Waals surface area contributed by atoms with Gasteiger partial charge in [0.15, 0.2) is 0 Å². The second-order valence-corrected chi connectivity index (χ2v) is 4.75. The second kappa shape index (κ2) is 5.84. The first-order valence-electron chi connectivity index (χ1n) is 5.94. The predicted molar refractivity (Wildman–Crippen MR) is 77.6 cm³/mol. The van der Waals surface area contributed by atoms with Crippen LogP contribution in [0, 0.1) is 24.0 Å². The number of rotatable bonds is 3. The molecule has 7 nitrogen and oxygen atoms in total. The molecule has 0 aliphatic rings. The highest BCUT2D eigenvalue weighted by molar-refractivity contribution is 6.29. The van der Waals surface area contributed by atoms with Crippen molar-refractivity contribution in [2.24, 2.45) is 0 Å². The molecule has 108 valence electrons. The maximum atomic E-state index is 12.1. The highest BCUT2D eigenvalue weighted by Gasteiger charge is 2.14. The Morgan fingerprint density at radius 1 is 1.29 bits per heavy atom. The highest BCUT2D eigenvalue weighted by atomic mass is 35.5. The van der Waals surface area contributed by atoms with Crippen LogP contribution >= 0.6 is 11.6 Å². The number of nitro groups is 1. The normalized spacial score (nSPS) is 10.2. The average molecular weight is 307 g/mol. The molecule has 0 atom stereocenters. The van der Waals surface area contributed by atoms with Crippen molar-refractivity contribution in [3.8, 4) is 0 Å². The van der Waals surface area contributed by atoms with Gasteiger partial charge in [-0.3, -0.25) is 20.2 Å². The molecule has 21 heavy (non-hydrogen) atoms. The van der Waals surface area contributed by atoms with Gasteiger partial charge in [0.2, 0.25) is 5.95 Å². The number of carbonyl (C=O) groups excluding carboxylic acids is 1. The van der Waals surface area contributed by atoms with E-state index in [2.05, 4.69) is 15.3 Å². The van der Waals surface area contributed by atoms with Gasteiger partial charge in [0.1, 0.15) is 5.15 Å². The van der Waals surface area contributed by atoms with Crippen LogP contribution in [0.15, 0.2) is 24.3 Å². The summed E-state index contributed by atoms with van der Waals surface area (Å²) < 4.78 is 0. The summed E-state index contributed by atoms with van der Waals surface area (Å²) in [6.45, 7) is 3.34. The molecule has 0 radical (unpaired) electrons. The van der Waals surface area contributed by atoms with Crippen LogP contribution in [0.2, 0.25) is 5.15 Å². The van der Waals surface area contributed by atoms with E-state index in [0.717, 1.165) is 0 Å². The number of carbonyl (C=O) groups is 1. The van der Waals surface area contributed by atoms with Crippen molar-refractivity contribution in [1.82, 2.24) is 9.97 Å². The lowest BCUT2D eigenvalue weighted by molar-refractivity contribution is -0.384. The van der Waals surface area contributed by atoms with E-state index in [9.17, 15) is 14.9 Å². The second-order valence-electron chi connectivity index (χ2n) is 4.37. The molecular weight excluding hydrogens is 296 g/mol. The SMILES string of the molecule is Cc1cc(Cl)nc(NC(=O)c2ccc([N+](=O)[O-])cc2C)n1. The fraction of sp³-hybridized carbons (Fsp3) is 0.154. The van der Waals surface area contributed by atoms with Crippen LogP contribution in [0.4, 0.5) is 11.6 Å². The molecule has 1 N–H and O–H groups in total. The standard InChI is InChI=1S/C13H11ClN4O3/c1-7-5-9(18(20)21)3-4-10(7)12(19)17-13-15-8(2)6-11(14)16-13/h3-6H,1-2H3,(H,15,16,17,19). The van der Waals surface area contributed by atoms with E-state index < -0.39 is 10.8 Å². The van der Waals surface area contributed by atoms with Gasteiger partial charge in [0.25, 0.3) is 11.6 Å². The lowest BCUT2D eigenvalue weighted by Crippen LogP contribution is -2.16. The Hall–Kier alpha value is -2.54. The summed E-state index contributed by atoms with van der Waals surface area (Å²) in [6, 6.07) is 5.56. The number of hydrogen-bond acceptors (Lipinski definition) is 5. The number of amides is 1. The molecule has 1 heterocycles. The summed E-state index contributed by atoms with van der Waals surface area (Å²) in [7, 11) is 0. The Morgan fingerprint density at radius 3 is 2.57 bits per heavy atom. The fourth-order valence-corrected chi connectivity index (χ4v) is 2.01. The van der Waals surface area contributed by atoms with Crippen molar-refractivity contribution in [3.63, 3.8) is 0 Å². The van der Waals surface area contributed by atoms with Gasteiger partial charge < -0.3 is 0 Å². The van der Waals surface area contributed by atoms with Crippen LogP contribution in [-0.2, 0) is 0 Å². The molecule has 1 amide bonds. The smallest absolute Gasteiger partial charge is 0.269 e. The van der Waals surface area contributed by atoms with Gasteiger partial charge in [-0.15, -0.1) is 0 Å². The van der Waals surface area contributed by atoms with E-state index in [0.29, 0.717) is 16.8 Å². The van der Waals surface area contributed by atoms with Gasteiger partial charge in [0, 0.05) is 23.4 Å². The summed E-state index contributed by atoms with van der Waals surface area (Å²) in [5.74, 6) is -0.369. The number of aromatic nitrogens is 2. The Balaban J connectivity index is 2.26. The van der Waals surface area contributed by atoms with E-state index in [-0.39, 0.29) is 16.8 Å². The zero-order chi connectivity index (χ0) is 15.6. The first-order valence-corrected chi connectivity index (χ1v) is 6.32. The Labute approximate surface area is 125 Å².